The highest BCUT2D eigenvalue weighted by molar-refractivity contribution is 9.10. The Morgan fingerprint density at radius 1 is 0.920 bits per heavy atom. The van der Waals surface area contributed by atoms with Crippen molar-refractivity contribution in [3.63, 3.8) is 0 Å². The van der Waals surface area contributed by atoms with E-state index in [0.717, 1.165) is 41.4 Å². The summed E-state index contributed by atoms with van der Waals surface area (Å²) < 4.78 is 29.4. The SMILES string of the molecule is Cc1ccc(S(=O)(=O)N[C@H]2CCCC[C@@H]2Nc2ccc(Br)cc2)cc1. The molecule has 6 heteroatoms. The number of nitrogens with one attached hydrogen (secondary N) is 2. The highest BCUT2D eigenvalue weighted by atomic mass is 79.9. The highest BCUT2D eigenvalue weighted by Crippen LogP contribution is 2.25. The zero-order chi connectivity index (χ0) is 17.9. The van der Waals surface area contributed by atoms with Crippen LogP contribution < -0.4 is 10.0 Å². The Morgan fingerprint density at radius 2 is 1.52 bits per heavy atom. The summed E-state index contributed by atoms with van der Waals surface area (Å²) in [5.74, 6) is 0. The molecule has 2 N–H and O–H groups in total. The maximum absolute atomic E-state index is 12.7. The van der Waals surface area contributed by atoms with Crippen LogP contribution in [0.3, 0.4) is 0 Å². The highest BCUT2D eigenvalue weighted by Gasteiger charge is 2.29. The molecular weight excluding hydrogens is 400 g/mol. The Hall–Kier alpha value is -1.37. The molecule has 0 amide bonds. The van der Waals surface area contributed by atoms with Gasteiger partial charge in [-0.25, -0.2) is 13.1 Å². The van der Waals surface area contributed by atoms with Crippen molar-refractivity contribution >= 4 is 31.6 Å². The van der Waals surface area contributed by atoms with Crippen molar-refractivity contribution in [3.05, 3.63) is 58.6 Å². The lowest BCUT2D eigenvalue weighted by molar-refractivity contribution is 0.378. The Kier molecular flexibility index (Phi) is 5.81. The summed E-state index contributed by atoms with van der Waals surface area (Å²) >= 11 is 3.43. The van der Waals surface area contributed by atoms with Crippen molar-refractivity contribution in [1.29, 1.82) is 0 Å². The van der Waals surface area contributed by atoms with E-state index in [1.54, 1.807) is 12.1 Å². The van der Waals surface area contributed by atoms with Crippen molar-refractivity contribution in [2.45, 2.75) is 49.6 Å². The van der Waals surface area contributed by atoms with Gasteiger partial charge in [-0.2, -0.15) is 0 Å². The molecule has 2 aromatic carbocycles. The van der Waals surface area contributed by atoms with Crippen LogP contribution in [0, 0.1) is 6.92 Å². The summed E-state index contributed by atoms with van der Waals surface area (Å²) in [4.78, 5) is 0.325. The molecular formula is C19H23BrN2O2S. The van der Waals surface area contributed by atoms with Crippen molar-refractivity contribution in [2.75, 3.05) is 5.32 Å². The maximum Gasteiger partial charge on any atom is 0.240 e. The number of hydrogen-bond donors (Lipinski definition) is 2. The van der Waals surface area contributed by atoms with E-state index in [0.29, 0.717) is 4.90 Å². The average molecular weight is 423 g/mol. The molecule has 0 heterocycles. The lowest BCUT2D eigenvalue weighted by atomic mass is 9.91. The van der Waals surface area contributed by atoms with E-state index in [1.165, 1.54) is 0 Å². The maximum atomic E-state index is 12.7. The van der Waals surface area contributed by atoms with Crippen molar-refractivity contribution in [1.82, 2.24) is 4.72 Å². The summed E-state index contributed by atoms with van der Waals surface area (Å²) in [6.45, 7) is 1.95. The molecule has 0 spiro atoms. The van der Waals surface area contributed by atoms with Gasteiger partial charge >= 0.3 is 0 Å². The fraction of sp³-hybridized carbons (Fsp3) is 0.368. The fourth-order valence-corrected chi connectivity index (χ4v) is 4.77. The first-order valence-corrected chi connectivity index (χ1v) is 10.8. The number of sulfonamides is 1. The first kappa shape index (κ1) is 18.4. The van der Waals surface area contributed by atoms with Crippen LogP contribution in [0.15, 0.2) is 57.9 Å². The third kappa shape index (κ3) is 4.84. The predicted molar refractivity (Wildman–Crippen MR) is 105 cm³/mol. The summed E-state index contributed by atoms with van der Waals surface area (Å²) in [6, 6.07) is 14.9. The standard InChI is InChI=1S/C19H23BrN2O2S/c1-14-6-12-17(13-7-14)25(23,24)22-19-5-3-2-4-18(19)21-16-10-8-15(20)9-11-16/h6-13,18-19,21-22H,2-5H2,1H3/t18-,19-/m0/s1. The predicted octanol–water partition coefficient (Wildman–Crippen LogP) is 4.46. The van der Waals surface area contributed by atoms with Gasteiger partial charge in [0, 0.05) is 22.2 Å². The van der Waals surface area contributed by atoms with Crippen LogP contribution in [0.2, 0.25) is 0 Å². The van der Waals surface area contributed by atoms with Crippen LogP contribution in [0.25, 0.3) is 0 Å². The molecule has 3 rings (SSSR count). The monoisotopic (exact) mass is 422 g/mol. The Bertz CT molecular complexity index is 804. The Morgan fingerprint density at radius 3 is 2.16 bits per heavy atom. The fourth-order valence-electron chi connectivity index (χ4n) is 3.19. The minimum atomic E-state index is -3.51. The summed E-state index contributed by atoms with van der Waals surface area (Å²) in [5, 5.41) is 3.49. The van der Waals surface area contributed by atoms with Crippen molar-refractivity contribution < 1.29 is 8.42 Å². The minimum absolute atomic E-state index is 0.0927. The molecule has 1 fully saturated rings. The third-order valence-corrected chi connectivity index (χ3v) is 6.63. The van der Waals surface area contributed by atoms with Gasteiger partial charge in [0.1, 0.15) is 0 Å². The molecule has 2 atom stereocenters. The van der Waals surface area contributed by atoms with Gasteiger partial charge in [-0.15, -0.1) is 0 Å². The van der Waals surface area contributed by atoms with Gasteiger partial charge in [-0.05, 0) is 56.2 Å². The lowest BCUT2D eigenvalue weighted by Crippen LogP contribution is -2.48. The molecule has 0 aromatic heterocycles. The number of halogens is 1. The smallest absolute Gasteiger partial charge is 0.240 e. The molecule has 1 aliphatic carbocycles. The molecule has 0 saturated heterocycles. The van der Waals surface area contributed by atoms with Crippen LogP contribution in [0.1, 0.15) is 31.2 Å². The molecule has 0 unspecified atom stereocenters. The van der Waals surface area contributed by atoms with Crippen LogP contribution in [0.5, 0.6) is 0 Å². The molecule has 1 aliphatic rings. The number of aryl methyl sites for hydroxylation is 1. The zero-order valence-electron chi connectivity index (χ0n) is 14.2. The van der Waals surface area contributed by atoms with Gasteiger partial charge in [0.2, 0.25) is 10.0 Å². The third-order valence-electron chi connectivity index (χ3n) is 4.60. The molecule has 0 aliphatic heterocycles. The largest absolute Gasteiger partial charge is 0.381 e. The average Bonchev–Trinajstić information content (AvgIpc) is 2.59. The molecule has 1 saturated carbocycles. The number of hydrogen-bond acceptors (Lipinski definition) is 3. The quantitative estimate of drug-likeness (QED) is 0.747. The molecule has 4 nitrogen and oxygen atoms in total. The number of rotatable bonds is 5. The number of anilines is 1. The van der Waals surface area contributed by atoms with Crippen molar-refractivity contribution in [2.24, 2.45) is 0 Å². The van der Waals surface area contributed by atoms with Crippen LogP contribution in [-0.4, -0.2) is 20.5 Å². The van der Waals surface area contributed by atoms with Gasteiger partial charge < -0.3 is 5.32 Å². The normalized spacial score (nSPS) is 21.0. The van der Waals surface area contributed by atoms with Crippen molar-refractivity contribution in [3.8, 4) is 0 Å². The first-order chi connectivity index (χ1) is 11.9. The van der Waals surface area contributed by atoms with E-state index >= 15 is 0 Å². The van der Waals surface area contributed by atoms with Gasteiger partial charge in [0.05, 0.1) is 4.90 Å². The number of benzene rings is 2. The van der Waals surface area contributed by atoms with Crippen LogP contribution in [-0.2, 0) is 10.0 Å². The zero-order valence-corrected chi connectivity index (χ0v) is 16.6. The lowest BCUT2D eigenvalue weighted by Gasteiger charge is -2.33. The second kappa shape index (κ2) is 7.89. The summed E-state index contributed by atoms with van der Waals surface area (Å²) in [5.41, 5.74) is 2.06. The molecule has 134 valence electrons. The van der Waals surface area contributed by atoms with Gasteiger partial charge in [-0.1, -0.05) is 46.5 Å². The Balaban J connectivity index is 1.74. The molecule has 0 bridgehead atoms. The van der Waals surface area contributed by atoms with Gasteiger partial charge in [-0.3, -0.25) is 0 Å². The van der Waals surface area contributed by atoms with E-state index in [9.17, 15) is 8.42 Å². The first-order valence-electron chi connectivity index (χ1n) is 8.55. The van der Waals surface area contributed by atoms with Gasteiger partial charge in [0.15, 0.2) is 0 Å². The van der Waals surface area contributed by atoms with E-state index in [4.69, 9.17) is 0 Å². The molecule has 0 radical (unpaired) electrons. The summed E-state index contributed by atoms with van der Waals surface area (Å²) in [7, 11) is -3.51. The van der Waals surface area contributed by atoms with Gasteiger partial charge in [0.25, 0.3) is 0 Å². The Labute approximate surface area is 158 Å². The topological polar surface area (TPSA) is 58.2 Å². The van der Waals surface area contributed by atoms with E-state index in [2.05, 4.69) is 26.0 Å². The second-order valence-corrected chi connectivity index (χ2v) is 9.21. The van der Waals surface area contributed by atoms with E-state index in [-0.39, 0.29) is 12.1 Å². The van der Waals surface area contributed by atoms with E-state index < -0.39 is 10.0 Å². The van der Waals surface area contributed by atoms with Crippen LogP contribution in [0.4, 0.5) is 5.69 Å². The second-order valence-electron chi connectivity index (χ2n) is 6.58. The molecule has 25 heavy (non-hydrogen) atoms. The minimum Gasteiger partial charge on any atom is -0.381 e. The molecule has 2 aromatic rings. The summed E-state index contributed by atoms with van der Waals surface area (Å²) in [6.07, 6.45) is 3.95. The van der Waals surface area contributed by atoms with Crippen LogP contribution >= 0.6 is 15.9 Å². The van der Waals surface area contributed by atoms with E-state index in [1.807, 2.05) is 43.3 Å².